The van der Waals surface area contributed by atoms with Crippen LogP contribution in [0.2, 0.25) is 0 Å². The average Bonchev–Trinajstić information content (AvgIpc) is 3.13. The van der Waals surface area contributed by atoms with E-state index in [1.54, 1.807) is 22.2 Å². The molecule has 7 nitrogen and oxygen atoms in total. The van der Waals surface area contributed by atoms with Crippen LogP contribution in [0.1, 0.15) is 64.2 Å². The van der Waals surface area contributed by atoms with Gasteiger partial charge in [0, 0.05) is 11.3 Å². The average molecular weight is 360 g/mol. The molecule has 0 aromatic carbocycles. The number of nitrogens with zero attached hydrogens (tertiary/aromatic N) is 4. The van der Waals surface area contributed by atoms with Gasteiger partial charge in [0.05, 0.1) is 28.5 Å². The highest BCUT2D eigenvalue weighted by Gasteiger charge is 2.20. The molecule has 3 aromatic heterocycles. The fraction of sp³-hybridized carbons (Fsp3) is 0.529. The Hall–Kier alpha value is -2.22. The molecular formula is C17H24N6OS. The lowest BCUT2D eigenvalue weighted by molar-refractivity contribution is 0.366. The summed E-state index contributed by atoms with van der Waals surface area (Å²) in [4.78, 5) is 24.4. The molecule has 1 unspecified atom stereocenters. The predicted molar refractivity (Wildman–Crippen MR) is 101 cm³/mol. The van der Waals surface area contributed by atoms with Crippen LogP contribution < -0.4 is 10.9 Å². The van der Waals surface area contributed by atoms with Gasteiger partial charge in [-0.3, -0.25) is 9.78 Å². The van der Waals surface area contributed by atoms with Crippen molar-refractivity contribution in [3.8, 4) is 0 Å². The second kappa shape index (κ2) is 6.25. The first-order valence-electron chi connectivity index (χ1n) is 8.37. The van der Waals surface area contributed by atoms with E-state index in [1.165, 1.54) is 0 Å². The Labute approximate surface area is 150 Å². The second-order valence-electron chi connectivity index (χ2n) is 7.51. The number of H-pyrrole nitrogens is 1. The molecule has 1 atom stereocenters. The van der Waals surface area contributed by atoms with Gasteiger partial charge in [-0.15, -0.1) is 11.3 Å². The SMILES string of the molecule is CC(C)c1nc(C(C)Nc2nc3c(cnn3C(C)(C)C)c(=O)[nH]2)cs1. The molecule has 0 aliphatic carbocycles. The van der Waals surface area contributed by atoms with Gasteiger partial charge in [-0.05, 0) is 27.7 Å². The number of aromatic nitrogens is 5. The molecule has 0 amide bonds. The van der Waals surface area contributed by atoms with Crippen molar-refractivity contribution in [3.63, 3.8) is 0 Å². The summed E-state index contributed by atoms with van der Waals surface area (Å²) < 4.78 is 1.77. The van der Waals surface area contributed by atoms with Gasteiger partial charge in [-0.25, -0.2) is 9.67 Å². The normalized spacial score (nSPS) is 13.6. The summed E-state index contributed by atoms with van der Waals surface area (Å²) in [6.07, 6.45) is 1.56. The van der Waals surface area contributed by atoms with Crippen molar-refractivity contribution < 1.29 is 0 Å². The Morgan fingerprint density at radius 1 is 1.24 bits per heavy atom. The van der Waals surface area contributed by atoms with E-state index in [1.807, 2.05) is 33.1 Å². The summed E-state index contributed by atoms with van der Waals surface area (Å²) in [6, 6.07) is -0.0599. The minimum atomic E-state index is -0.257. The largest absolute Gasteiger partial charge is 0.348 e. The maximum absolute atomic E-state index is 12.3. The number of hydrogen-bond acceptors (Lipinski definition) is 6. The Morgan fingerprint density at radius 3 is 2.56 bits per heavy atom. The van der Waals surface area contributed by atoms with Gasteiger partial charge in [0.1, 0.15) is 5.39 Å². The Bertz CT molecular complexity index is 946. The van der Waals surface area contributed by atoms with Crippen molar-refractivity contribution in [2.75, 3.05) is 5.32 Å². The third-order valence-corrected chi connectivity index (χ3v) is 5.07. The molecule has 0 saturated carbocycles. The van der Waals surface area contributed by atoms with Gasteiger partial charge in [-0.2, -0.15) is 10.1 Å². The summed E-state index contributed by atoms with van der Waals surface area (Å²) >= 11 is 1.65. The molecule has 3 rings (SSSR count). The van der Waals surface area contributed by atoms with Gasteiger partial charge in [0.2, 0.25) is 5.95 Å². The van der Waals surface area contributed by atoms with Gasteiger partial charge in [0.15, 0.2) is 5.65 Å². The maximum Gasteiger partial charge on any atom is 0.263 e. The maximum atomic E-state index is 12.3. The Morgan fingerprint density at radius 2 is 1.96 bits per heavy atom. The first-order chi connectivity index (χ1) is 11.7. The summed E-state index contributed by atoms with van der Waals surface area (Å²) in [5.74, 6) is 0.830. The summed E-state index contributed by atoms with van der Waals surface area (Å²) in [7, 11) is 0. The van der Waals surface area contributed by atoms with Gasteiger partial charge in [-0.1, -0.05) is 13.8 Å². The van der Waals surface area contributed by atoms with Crippen molar-refractivity contribution >= 4 is 28.3 Å². The third-order valence-electron chi connectivity index (χ3n) is 3.90. The van der Waals surface area contributed by atoms with Gasteiger partial charge in [0.25, 0.3) is 5.56 Å². The van der Waals surface area contributed by atoms with Crippen LogP contribution >= 0.6 is 11.3 Å². The molecule has 134 valence electrons. The Kier molecular flexibility index (Phi) is 4.40. The molecule has 8 heteroatoms. The fourth-order valence-corrected chi connectivity index (χ4v) is 3.45. The molecule has 0 bridgehead atoms. The number of fused-ring (bicyclic) bond motifs is 1. The van der Waals surface area contributed by atoms with Crippen LogP contribution in [0.4, 0.5) is 5.95 Å². The predicted octanol–water partition coefficient (Wildman–Crippen LogP) is 3.63. The molecule has 0 spiro atoms. The zero-order chi connectivity index (χ0) is 18.4. The van der Waals surface area contributed by atoms with Crippen LogP contribution in [-0.4, -0.2) is 24.7 Å². The molecule has 0 fully saturated rings. The first-order valence-corrected chi connectivity index (χ1v) is 9.25. The third kappa shape index (κ3) is 3.44. The van der Waals surface area contributed by atoms with E-state index in [0.29, 0.717) is 22.9 Å². The highest BCUT2D eigenvalue weighted by atomic mass is 32.1. The van der Waals surface area contributed by atoms with Crippen molar-refractivity contribution in [2.45, 2.75) is 59.0 Å². The van der Waals surface area contributed by atoms with E-state index in [9.17, 15) is 4.79 Å². The zero-order valence-electron chi connectivity index (χ0n) is 15.4. The van der Waals surface area contributed by atoms with Crippen LogP contribution in [0.3, 0.4) is 0 Å². The minimum absolute atomic E-state index is 0.0599. The first kappa shape index (κ1) is 17.6. The van der Waals surface area contributed by atoms with Crippen molar-refractivity contribution in [3.05, 3.63) is 32.6 Å². The quantitative estimate of drug-likeness (QED) is 0.742. The van der Waals surface area contributed by atoms with E-state index in [0.717, 1.165) is 10.7 Å². The van der Waals surface area contributed by atoms with E-state index in [4.69, 9.17) is 0 Å². The topological polar surface area (TPSA) is 88.5 Å². The molecule has 0 aliphatic heterocycles. The highest BCUT2D eigenvalue weighted by Crippen LogP contribution is 2.25. The molecule has 25 heavy (non-hydrogen) atoms. The zero-order valence-corrected chi connectivity index (χ0v) is 16.2. The van der Waals surface area contributed by atoms with E-state index < -0.39 is 0 Å². The van der Waals surface area contributed by atoms with Gasteiger partial charge < -0.3 is 5.32 Å². The Balaban J connectivity index is 1.94. The van der Waals surface area contributed by atoms with Crippen molar-refractivity contribution in [2.24, 2.45) is 0 Å². The van der Waals surface area contributed by atoms with Crippen LogP contribution in [0, 0.1) is 0 Å². The van der Waals surface area contributed by atoms with Crippen molar-refractivity contribution in [1.82, 2.24) is 24.7 Å². The summed E-state index contributed by atoms with van der Waals surface area (Å²) in [5.41, 5.74) is 1.07. The van der Waals surface area contributed by atoms with E-state index in [2.05, 4.69) is 39.2 Å². The lowest BCUT2D eigenvalue weighted by Gasteiger charge is -2.20. The summed E-state index contributed by atoms with van der Waals surface area (Å²) in [6.45, 7) is 12.3. The standard InChI is InChI=1S/C17H24N6OS/c1-9(2)15-20-12(8-25-15)10(3)19-16-21-13-11(14(24)22-16)7-18-23(13)17(4,5)6/h7-10H,1-6H3,(H2,19,21,22,24). The monoisotopic (exact) mass is 360 g/mol. The number of thiazole rings is 1. The molecule has 3 heterocycles. The van der Waals surface area contributed by atoms with Crippen LogP contribution in [0.15, 0.2) is 16.4 Å². The minimum Gasteiger partial charge on any atom is -0.348 e. The highest BCUT2D eigenvalue weighted by molar-refractivity contribution is 7.09. The number of hydrogen-bond donors (Lipinski definition) is 2. The number of anilines is 1. The van der Waals surface area contributed by atoms with E-state index in [-0.39, 0.29) is 17.1 Å². The smallest absolute Gasteiger partial charge is 0.263 e. The number of aromatic amines is 1. The van der Waals surface area contributed by atoms with E-state index >= 15 is 0 Å². The molecular weight excluding hydrogens is 336 g/mol. The molecule has 0 aliphatic rings. The second-order valence-corrected chi connectivity index (χ2v) is 8.40. The number of nitrogens with one attached hydrogen (secondary N) is 2. The molecule has 2 N–H and O–H groups in total. The van der Waals surface area contributed by atoms with Crippen molar-refractivity contribution in [1.29, 1.82) is 0 Å². The number of rotatable bonds is 4. The molecule has 3 aromatic rings. The molecule has 0 radical (unpaired) electrons. The van der Waals surface area contributed by atoms with Gasteiger partial charge >= 0.3 is 0 Å². The van der Waals surface area contributed by atoms with Crippen LogP contribution in [0.5, 0.6) is 0 Å². The lowest BCUT2D eigenvalue weighted by atomic mass is 10.1. The fourth-order valence-electron chi connectivity index (χ4n) is 2.52. The molecule has 0 saturated heterocycles. The lowest BCUT2D eigenvalue weighted by Crippen LogP contribution is -2.24. The van der Waals surface area contributed by atoms with Crippen LogP contribution in [0.25, 0.3) is 11.0 Å². The van der Waals surface area contributed by atoms with Crippen LogP contribution in [-0.2, 0) is 5.54 Å². The summed E-state index contributed by atoms with van der Waals surface area (Å²) in [5, 5.41) is 11.2.